The first-order chi connectivity index (χ1) is 8.31. The smallest absolute Gasteiger partial charge is 0.220 e. The molecule has 3 nitrogen and oxygen atoms in total. The van der Waals surface area contributed by atoms with Gasteiger partial charge in [0.2, 0.25) is 5.91 Å². The average Bonchev–Trinajstić information content (AvgIpc) is 3.01. The standard InChI is InChI=1S/C14H16N2O/c17-14(16-12-3-4-12)6-2-10-1-5-13-11(9-10)7-8-15-13/h1,5,7-9,12,15H,2-4,6H2,(H,16,17). The molecule has 0 bridgehead atoms. The highest BCUT2D eigenvalue weighted by molar-refractivity contribution is 5.80. The summed E-state index contributed by atoms with van der Waals surface area (Å²) in [4.78, 5) is 14.7. The lowest BCUT2D eigenvalue weighted by atomic mass is 10.1. The molecule has 1 heterocycles. The monoisotopic (exact) mass is 228 g/mol. The number of fused-ring (bicyclic) bond motifs is 1. The maximum absolute atomic E-state index is 11.6. The third kappa shape index (κ3) is 2.49. The lowest BCUT2D eigenvalue weighted by Crippen LogP contribution is -2.25. The van der Waals surface area contributed by atoms with Crippen LogP contribution in [0.2, 0.25) is 0 Å². The van der Waals surface area contributed by atoms with Gasteiger partial charge in [-0.05, 0) is 48.4 Å². The van der Waals surface area contributed by atoms with E-state index in [1.165, 1.54) is 10.9 Å². The molecule has 1 amide bonds. The third-order valence-corrected chi connectivity index (χ3v) is 3.20. The fraction of sp³-hybridized carbons (Fsp3) is 0.357. The Labute approximate surface area is 100 Å². The summed E-state index contributed by atoms with van der Waals surface area (Å²) in [6.07, 6.45) is 5.66. The van der Waals surface area contributed by atoms with Gasteiger partial charge in [-0.1, -0.05) is 6.07 Å². The van der Waals surface area contributed by atoms with Crippen LogP contribution in [-0.2, 0) is 11.2 Å². The van der Waals surface area contributed by atoms with E-state index in [4.69, 9.17) is 0 Å². The summed E-state index contributed by atoms with van der Waals surface area (Å²) >= 11 is 0. The molecule has 1 saturated carbocycles. The van der Waals surface area contributed by atoms with E-state index in [0.29, 0.717) is 12.5 Å². The van der Waals surface area contributed by atoms with Gasteiger partial charge in [-0.25, -0.2) is 0 Å². The molecule has 17 heavy (non-hydrogen) atoms. The number of H-pyrrole nitrogens is 1. The zero-order chi connectivity index (χ0) is 11.7. The zero-order valence-corrected chi connectivity index (χ0v) is 9.70. The van der Waals surface area contributed by atoms with Crippen LogP contribution in [0.4, 0.5) is 0 Å². The molecule has 1 aliphatic carbocycles. The highest BCUT2D eigenvalue weighted by Gasteiger charge is 2.22. The number of aromatic amines is 1. The van der Waals surface area contributed by atoms with E-state index in [0.717, 1.165) is 24.8 Å². The fourth-order valence-corrected chi connectivity index (χ4v) is 2.04. The number of benzene rings is 1. The van der Waals surface area contributed by atoms with E-state index >= 15 is 0 Å². The zero-order valence-electron chi connectivity index (χ0n) is 9.70. The molecule has 0 aliphatic heterocycles. The number of hydrogen-bond acceptors (Lipinski definition) is 1. The molecule has 1 fully saturated rings. The summed E-state index contributed by atoms with van der Waals surface area (Å²) in [7, 11) is 0. The minimum Gasteiger partial charge on any atom is -0.361 e. The van der Waals surface area contributed by atoms with Crippen LogP contribution < -0.4 is 5.32 Å². The molecule has 1 aromatic heterocycles. The van der Waals surface area contributed by atoms with Crippen molar-refractivity contribution in [3.8, 4) is 0 Å². The van der Waals surface area contributed by atoms with Gasteiger partial charge < -0.3 is 10.3 Å². The van der Waals surface area contributed by atoms with Gasteiger partial charge in [-0.2, -0.15) is 0 Å². The second-order valence-corrected chi connectivity index (χ2v) is 4.74. The van der Waals surface area contributed by atoms with Crippen LogP contribution in [-0.4, -0.2) is 16.9 Å². The van der Waals surface area contributed by atoms with Gasteiger partial charge in [0, 0.05) is 24.2 Å². The Bertz CT molecular complexity index is 540. The van der Waals surface area contributed by atoms with Crippen LogP contribution in [0.3, 0.4) is 0 Å². The summed E-state index contributed by atoms with van der Waals surface area (Å²) in [6, 6.07) is 8.83. The normalized spacial score (nSPS) is 15.1. The SMILES string of the molecule is O=C(CCc1ccc2[nH]ccc2c1)NC1CC1. The summed E-state index contributed by atoms with van der Waals surface area (Å²) in [5.74, 6) is 0.182. The van der Waals surface area contributed by atoms with Crippen LogP contribution in [0.25, 0.3) is 10.9 Å². The highest BCUT2D eigenvalue weighted by Crippen LogP contribution is 2.19. The Morgan fingerprint density at radius 2 is 2.24 bits per heavy atom. The van der Waals surface area contributed by atoms with E-state index in [1.807, 2.05) is 6.20 Å². The molecular weight excluding hydrogens is 212 g/mol. The maximum atomic E-state index is 11.6. The van der Waals surface area contributed by atoms with Gasteiger partial charge in [0.05, 0.1) is 0 Å². The fourth-order valence-electron chi connectivity index (χ4n) is 2.04. The first-order valence-corrected chi connectivity index (χ1v) is 6.17. The Morgan fingerprint density at radius 1 is 1.35 bits per heavy atom. The van der Waals surface area contributed by atoms with Crippen LogP contribution >= 0.6 is 0 Å². The van der Waals surface area contributed by atoms with Crippen LogP contribution in [0.1, 0.15) is 24.8 Å². The molecule has 2 aromatic rings. The van der Waals surface area contributed by atoms with Crippen molar-refractivity contribution in [2.45, 2.75) is 31.7 Å². The number of aromatic nitrogens is 1. The van der Waals surface area contributed by atoms with Crippen LogP contribution in [0.15, 0.2) is 30.5 Å². The summed E-state index contributed by atoms with van der Waals surface area (Å²) < 4.78 is 0. The first kappa shape index (κ1) is 10.4. The van der Waals surface area contributed by atoms with Crippen molar-refractivity contribution in [1.82, 2.24) is 10.3 Å². The first-order valence-electron chi connectivity index (χ1n) is 6.17. The molecular formula is C14H16N2O. The molecule has 88 valence electrons. The topological polar surface area (TPSA) is 44.9 Å². The second-order valence-electron chi connectivity index (χ2n) is 4.74. The number of rotatable bonds is 4. The molecule has 2 N–H and O–H groups in total. The highest BCUT2D eigenvalue weighted by atomic mass is 16.1. The van der Waals surface area contributed by atoms with Gasteiger partial charge in [0.1, 0.15) is 0 Å². The lowest BCUT2D eigenvalue weighted by Gasteiger charge is -2.03. The van der Waals surface area contributed by atoms with Gasteiger partial charge in [-0.15, -0.1) is 0 Å². The van der Waals surface area contributed by atoms with E-state index < -0.39 is 0 Å². The number of aryl methyl sites for hydroxylation is 1. The van der Waals surface area contributed by atoms with E-state index in [1.54, 1.807) is 0 Å². The molecule has 1 aliphatic rings. The summed E-state index contributed by atoms with van der Waals surface area (Å²) in [5, 5.41) is 4.22. The molecule has 0 saturated heterocycles. The van der Waals surface area contributed by atoms with Crippen LogP contribution in [0.5, 0.6) is 0 Å². The van der Waals surface area contributed by atoms with Crippen molar-refractivity contribution in [2.75, 3.05) is 0 Å². The minimum absolute atomic E-state index is 0.182. The molecule has 0 radical (unpaired) electrons. The predicted molar refractivity (Wildman–Crippen MR) is 67.8 cm³/mol. The average molecular weight is 228 g/mol. The molecule has 0 spiro atoms. The second kappa shape index (κ2) is 4.24. The maximum Gasteiger partial charge on any atom is 0.220 e. The third-order valence-electron chi connectivity index (χ3n) is 3.20. The van der Waals surface area contributed by atoms with Crippen molar-refractivity contribution in [1.29, 1.82) is 0 Å². The number of nitrogens with one attached hydrogen (secondary N) is 2. The largest absolute Gasteiger partial charge is 0.361 e. The summed E-state index contributed by atoms with van der Waals surface area (Å²) in [6.45, 7) is 0. The number of carbonyl (C=O) groups is 1. The van der Waals surface area contributed by atoms with Crippen molar-refractivity contribution in [3.63, 3.8) is 0 Å². The van der Waals surface area contributed by atoms with E-state index in [2.05, 4.69) is 34.6 Å². The number of carbonyl (C=O) groups excluding carboxylic acids is 1. The van der Waals surface area contributed by atoms with Gasteiger partial charge in [-0.3, -0.25) is 4.79 Å². The molecule has 0 atom stereocenters. The van der Waals surface area contributed by atoms with Crippen molar-refractivity contribution < 1.29 is 4.79 Å². The molecule has 3 heteroatoms. The Morgan fingerprint density at radius 3 is 3.06 bits per heavy atom. The van der Waals surface area contributed by atoms with Gasteiger partial charge in [0.15, 0.2) is 0 Å². The Kier molecular flexibility index (Phi) is 2.59. The Hall–Kier alpha value is -1.77. The van der Waals surface area contributed by atoms with Gasteiger partial charge >= 0.3 is 0 Å². The van der Waals surface area contributed by atoms with Crippen LogP contribution in [0, 0.1) is 0 Å². The molecule has 0 unspecified atom stereocenters. The molecule has 3 rings (SSSR count). The number of amides is 1. The minimum atomic E-state index is 0.182. The van der Waals surface area contributed by atoms with Crippen molar-refractivity contribution in [2.24, 2.45) is 0 Å². The van der Waals surface area contributed by atoms with Gasteiger partial charge in [0.25, 0.3) is 0 Å². The van der Waals surface area contributed by atoms with Crippen molar-refractivity contribution in [3.05, 3.63) is 36.0 Å². The van der Waals surface area contributed by atoms with Crippen molar-refractivity contribution >= 4 is 16.8 Å². The summed E-state index contributed by atoms with van der Waals surface area (Å²) in [5.41, 5.74) is 2.37. The van der Waals surface area contributed by atoms with E-state index in [9.17, 15) is 4.79 Å². The van der Waals surface area contributed by atoms with E-state index in [-0.39, 0.29) is 5.91 Å². The lowest BCUT2D eigenvalue weighted by molar-refractivity contribution is -0.121. The Balaban J connectivity index is 1.61. The number of hydrogen-bond donors (Lipinski definition) is 2. The quantitative estimate of drug-likeness (QED) is 0.829. The predicted octanol–water partition coefficient (Wildman–Crippen LogP) is 2.38. The molecule has 1 aromatic carbocycles.